The van der Waals surface area contributed by atoms with E-state index in [0.29, 0.717) is 5.82 Å². The zero-order chi connectivity index (χ0) is 12.8. The molecule has 0 unspecified atom stereocenters. The predicted octanol–water partition coefficient (Wildman–Crippen LogP) is 0.574. The lowest BCUT2D eigenvalue weighted by atomic mass is 10.3. The maximum absolute atomic E-state index is 11.3. The molecule has 17 heavy (non-hydrogen) atoms. The number of nitrogens with zero attached hydrogens (tertiary/aromatic N) is 2. The van der Waals surface area contributed by atoms with Crippen molar-refractivity contribution in [3.63, 3.8) is 0 Å². The zero-order valence-electron chi connectivity index (χ0n) is 9.86. The van der Waals surface area contributed by atoms with E-state index in [4.69, 9.17) is 5.11 Å². The summed E-state index contributed by atoms with van der Waals surface area (Å²) >= 11 is 0. The lowest BCUT2D eigenvalue weighted by Crippen LogP contribution is -2.24. The van der Waals surface area contributed by atoms with Gasteiger partial charge in [-0.05, 0) is 19.9 Å². The first-order chi connectivity index (χ1) is 7.97. The van der Waals surface area contributed by atoms with Crippen molar-refractivity contribution in [2.24, 2.45) is 0 Å². The first-order valence-corrected chi connectivity index (χ1v) is 5.27. The van der Waals surface area contributed by atoms with Gasteiger partial charge >= 0.3 is 5.97 Å². The molecule has 1 heterocycles. The van der Waals surface area contributed by atoms with Crippen LogP contribution in [0.1, 0.15) is 30.1 Å². The highest BCUT2D eigenvalue weighted by atomic mass is 16.4. The zero-order valence-corrected chi connectivity index (χ0v) is 9.86. The van der Waals surface area contributed by atoms with E-state index in [1.165, 1.54) is 0 Å². The van der Waals surface area contributed by atoms with Crippen molar-refractivity contribution in [1.82, 2.24) is 15.3 Å². The number of carboxylic acid groups (broad SMARTS) is 1. The van der Waals surface area contributed by atoms with Gasteiger partial charge < -0.3 is 10.4 Å². The van der Waals surface area contributed by atoms with Crippen LogP contribution in [-0.4, -0.2) is 27.0 Å². The monoisotopic (exact) mass is 237 g/mol. The van der Waals surface area contributed by atoms with Gasteiger partial charge in [0.1, 0.15) is 5.82 Å². The van der Waals surface area contributed by atoms with Crippen molar-refractivity contribution in [3.05, 3.63) is 23.3 Å². The van der Waals surface area contributed by atoms with E-state index in [1.54, 1.807) is 0 Å². The number of aliphatic carboxylic acids is 1. The van der Waals surface area contributed by atoms with E-state index in [2.05, 4.69) is 15.3 Å². The molecule has 1 aromatic rings. The third-order valence-corrected chi connectivity index (χ3v) is 2.04. The smallest absolute Gasteiger partial charge is 0.303 e. The first-order valence-electron chi connectivity index (χ1n) is 5.27. The summed E-state index contributed by atoms with van der Waals surface area (Å²) in [5, 5.41) is 11.0. The average molecular weight is 237 g/mol. The molecule has 0 fully saturated rings. The summed E-state index contributed by atoms with van der Waals surface area (Å²) in [6.45, 7) is 3.93. The number of hydrogen-bond donors (Lipinski definition) is 2. The molecule has 0 bridgehead atoms. The quantitative estimate of drug-likeness (QED) is 0.781. The van der Waals surface area contributed by atoms with Gasteiger partial charge in [-0.3, -0.25) is 9.59 Å². The van der Waals surface area contributed by atoms with Gasteiger partial charge in [0.05, 0.1) is 13.0 Å². The van der Waals surface area contributed by atoms with E-state index in [0.717, 1.165) is 11.4 Å². The minimum Gasteiger partial charge on any atom is -0.481 e. The largest absolute Gasteiger partial charge is 0.481 e. The van der Waals surface area contributed by atoms with Crippen molar-refractivity contribution < 1.29 is 14.7 Å². The second-order valence-electron chi connectivity index (χ2n) is 3.74. The van der Waals surface area contributed by atoms with Gasteiger partial charge in [0.2, 0.25) is 5.91 Å². The average Bonchev–Trinajstić information content (AvgIpc) is 2.22. The predicted molar refractivity (Wildman–Crippen MR) is 60.2 cm³/mol. The number of amides is 1. The number of carboxylic acids is 1. The number of aryl methyl sites for hydroxylation is 2. The Morgan fingerprint density at radius 2 is 1.82 bits per heavy atom. The first kappa shape index (κ1) is 13.1. The number of carbonyl (C=O) groups is 2. The van der Waals surface area contributed by atoms with Gasteiger partial charge in [-0.1, -0.05) is 0 Å². The van der Waals surface area contributed by atoms with Crippen LogP contribution in [0.5, 0.6) is 0 Å². The number of carbonyl (C=O) groups excluding carboxylic acids is 1. The van der Waals surface area contributed by atoms with Crippen LogP contribution in [0.15, 0.2) is 6.07 Å². The minimum atomic E-state index is -0.984. The van der Waals surface area contributed by atoms with Crippen LogP contribution in [0.25, 0.3) is 0 Å². The van der Waals surface area contributed by atoms with Crippen LogP contribution in [0, 0.1) is 13.8 Å². The lowest BCUT2D eigenvalue weighted by molar-refractivity contribution is -0.138. The van der Waals surface area contributed by atoms with Crippen LogP contribution in [0.2, 0.25) is 0 Å². The molecular weight excluding hydrogens is 222 g/mol. The SMILES string of the molecule is Cc1cc(C)nc(CNC(=O)CCC(=O)O)n1. The Balaban J connectivity index is 2.44. The molecule has 6 nitrogen and oxygen atoms in total. The van der Waals surface area contributed by atoms with Gasteiger partial charge in [-0.2, -0.15) is 0 Å². The summed E-state index contributed by atoms with van der Waals surface area (Å²) < 4.78 is 0. The van der Waals surface area contributed by atoms with Crippen molar-refractivity contribution in [3.8, 4) is 0 Å². The lowest BCUT2D eigenvalue weighted by Gasteiger charge is -2.05. The fourth-order valence-electron chi connectivity index (χ4n) is 1.36. The molecule has 0 atom stereocenters. The Morgan fingerprint density at radius 3 is 2.35 bits per heavy atom. The number of aromatic nitrogens is 2. The molecule has 0 aromatic carbocycles. The van der Waals surface area contributed by atoms with E-state index in [1.807, 2.05) is 19.9 Å². The fourth-order valence-corrected chi connectivity index (χ4v) is 1.36. The summed E-state index contributed by atoms with van der Waals surface area (Å²) in [6, 6.07) is 1.84. The van der Waals surface area contributed by atoms with Crippen LogP contribution in [-0.2, 0) is 16.1 Å². The van der Waals surface area contributed by atoms with Crippen molar-refractivity contribution in [1.29, 1.82) is 0 Å². The molecule has 0 saturated carbocycles. The molecule has 2 N–H and O–H groups in total. The van der Waals surface area contributed by atoms with E-state index >= 15 is 0 Å². The van der Waals surface area contributed by atoms with E-state index in [9.17, 15) is 9.59 Å². The summed E-state index contributed by atoms with van der Waals surface area (Å²) in [5.74, 6) is -0.760. The Bertz CT molecular complexity index is 412. The number of rotatable bonds is 5. The normalized spacial score (nSPS) is 10.0. The molecule has 0 aliphatic heterocycles. The molecule has 1 rings (SSSR count). The second kappa shape index (κ2) is 5.93. The maximum atomic E-state index is 11.3. The molecule has 1 aromatic heterocycles. The summed E-state index contributed by atoms with van der Waals surface area (Å²) in [5.41, 5.74) is 1.68. The van der Waals surface area contributed by atoms with Crippen LogP contribution >= 0.6 is 0 Å². The maximum Gasteiger partial charge on any atom is 0.303 e. The van der Waals surface area contributed by atoms with Gasteiger partial charge in [0, 0.05) is 17.8 Å². The Labute approximate surface area is 99.1 Å². The van der Waals surface area contributed by atoms with Crippen molar-refractivity contribution in [2.45, 2.75) is 33.2 Å². The van der Waals surface area contributed by atoms with Crippen LogP contribution in [0.4, 0.5) is 0 Å². The van der Waals surface area contributed by atoms with Gasteiger partial charge in [0.25, 0.3) is 0 Å². The third-order valence-electron chi connectivity index (χ3n) is 2.04. The molecule has 1 amide bonds. The Kier molecular flexibility index (Phi) is 4.56. The molecule has 0 spiro atoms. The third kappa shape index (κ3) is 5.05. The van der Waals surface area contributed by atoms with Crippen LogP contribution in [0.3, 0.4) is 0 Å². The van der Waals surface area contributed by atoms with Gasteiger partial charge in [-0.25, -0.2) is 9.97 Å². The highest BCUT2D eigenvalue weighted by Gasteiger charge is 2.06. The molecule has 92 valence electrons. The highest BCUT2D eigenvalue weighted by molar-refractivity contribution is 5.80. The molecule has 0 aliphatic carbocycles. The topological polar surface area (TPSA) is 92.2 Å². The van der Waals surface area contributed by atoms with Crippen molar-refractivity contribution >= 4 is 11.9 Å². The van der Waals surface area contributed by atoms with E-state index in [-0.39, 0.29) is 25.3 Å². The van der Waals surface area contributed by atoms with E-state index < -0.39 is 5.97 Å². The Morgan fingerprint density at radius 1 is 1.24 bits per heavy atom. The summed E-state index contributed by atoms with van der Waals surface area (Å²) in [7, 11) is 0. The summed E-state index contributed by atoms with van der Waals surface area (Å²) in [6.07, 6.45) is -0.195. The standard InChI is InChI=1S/C11H15N3O3/c1-7-5-8(2)14-9(13-7)6-12-10(15)3-4-11(16)17/h5H,3-4,6H2,1-2H3,(H,12,15)(H,16,17). The molecule has 0 saturated heterocycles. The van der Waals surface area contributed by atoms with Crippen LogP contribution < -0.4 is 5.32 Å². The minimum absolute atomic E-state index is 0.0276. The molecular formula is C11H15N3O3. The second-order valence-corrected chi connectivity index (χ2v) is 3.74. The number of nitrogens with one attached hydrogen (secondary N) is 1. The molecule has 0 radical (unpaired) electrons. The molecule has 6 heteroatoms. The van der Waals surface area contributed by atoms with Gasteiger partial charge in [-0.15, -0.1) is 0 Å². The Hall–Kier alpha value is -1.98. The summed E-state index contributed by atoms with van der Waals surface area (Å²) in [4.78, 5) is 29.8. The van der Waals surface area contributed by atoms with Crippen molar-refractivity contribution in [2.75, 3.05) is 0 Å². The highest BCUT2D eigenvalue weighted by Crippen LogP contribution is 1.99. The fraction of sp³-hybridized carbons (Fsp3) is 0.455. The molecule has 0 aliphatic rings. The van der Waals surface area contributed by atoms with Gasteiger partial charge in [0.15, 0.2) is 0 Å². The number of hydrogen-bond acceptors (Lipinski definition) is 4.